The van der Waals surface area contributed by atoms with Gasteiger partial charge in [0.15, 0.2) is 11.6 Å². The molecule has 8 nitrogen and oxygen atoms in total. The number of carbonyl (C=O) groups excluding carboxylic acids is 2. The summed E-state index contributed by atoms with van der Waals surface area (Å²) in [5.74, 6) is -1.87. The molecule has 0 spiro atoms. The maximum atomic E-state index is 13.9. The molecule has 0 amide bonds. The van der Waals surface area contributed by atoms with Gasteiger partial charge in [-0.05, 0) is 51.2 Å². The Morgan fingerprint density at radius 2 is 0.827 bits per heavy atom. The summed E-state index contributed by atoms with van der Waals surface area (Å²) in [7, 11) is 0. The average Bonchev–Trinajstić information content (AvgIpc) is 3.15. The molecule has 2 aliphatic rings. The van der Waals surface area contributed by atoms with E-state index in [4.69, 9.17) is 0 Å². The number of nitrogens with one attached hydrogen (secondary N) is 4. The van der Waals surface area contributed by atoms with E-state index in [0.29, 0.717) is 48.5 Å². The minimum absolute atomic E-state index is 0.148. The van der Waals surface area contributed by atoms with Crippen molar-refractivity contribution in [1.82, 2.24) is 21.3 Å². The molecule has 0 radical (unpaired) electrons. The second-order valence-electron chi connectivity index (χ2n) is 15.2. The number of rotatable bonds is 32. The lowest BCUT2D eigenvalue weighted by atomic mass is 9.69. The molecule has 1 aromatic carbocycles. The third kappa shape index (κ3) is 16.2. The van der Waals surface area contributed by atoms with Crippen molar-refractivity contribution in [2.75, 3.05) is 26.2 Å². The Hall–Kier alpha value is -2.52. The summed E-state index contributed by atoms with van der Waals surface area (Å²) in [6, 6.07) is 6.97. The highest BCUT2D eigenvalue weighted by Gasteiger charge is 2.46. The predicted octanol–water partition coefficient (Wildman–Crippen LogP) is 8.70. The van der Waals surface area contributed by atoms with Gasteiger partial charge in [0.25, 0.3) is 0 Å². The van der Waals surface area contributed by atoms with Crippen LogP contribution in [0.2, 0.25) is 0 Å². The van der Waals surface area contributed by atoms with Crippen LogP contribution in [0.5, 0.6) is 0 Å². The highest BCUT2D eigenvalue weighted by molar-refractivity contribution is 6.18. The highest BCUT2D eigenvalue weighted by Crippen LogP contribution is 2.40. The van der Waals surface area contributed by atoms with Crippen LogP contribution in [-0.4, -0.2) is 60.4 Å². The van der Waals surface area contributed by atoms with E-state index in [0.717, 1.165) is 25.9 Å². The second kappa shape index (κ2) is 27.1. The molecule has 0 bridgehead atoms. The van der Waals surface area contributed by atoms with E-state index >= 15 is 0 Å². The van der Waals surface area contributed by atoms with Gasteiger partial charge in [-0.25, -0.2) is 0 Å². The van der Waals surface area contributed by atoms with Gasteiger partial charge in [0.1, 0.15) is 12.5 Å². The molecule has 3 rings (SSSR count). The lowest BCUT2D eigenvalue weighted by Crippen LogP contribution is -2.48. The Bertz CT molecular complexity index is 1110. The van der Waals surface area contributed by atoms with E-state index < -0.39 is 24.3 Å². The number of aliphatic hydroxyl groups is 2. The summed E-state index contributed by atoms with van der Waals surface area (Å²) in [5.41, 5.74) is 1.90. The third-order valence-electron chi connectivity index (χ3n) is 10.7. The lowest BCUT2D eigenvalue weighted by Gasteiger charge is -2.37. The summed E-state index contributed by atoms with van der Waals surface area (Å²) in [6.45, 7) is 7.68. The van der Waals surface area contributed by atoms with Crippen LogP contribution < -0.4 is 21.3 Å². The van der Waals surface area contributed by atoms with E-state index in [-0.39, 0.29) is 11.6 Å². The molecular weight excluding hydrogens is 649 g/mol. The van der Waals surface area contributed by atoms with Crippen LogP contribution in [0.15, 0.2) is 47.8 Å². The Morgan fingerprint density at radius 3 is 1.17 bits per heavy atom. The quantitative estimate of drug-likeness (QED) is 0.0323. The van der Waals surface area contributed by atoms with Crippen molar-refractivity contribution < 1.29 is 19.8 Å². The molecule has 0 heterocycles. The van der Waals surface area contributed by atoms with Crippen LogP contribution in [-0.2, 0) is 0 Å². The number of allylic oxidation sites excluding steroid dienone is 4. The second-order valence-corrected chi connectivity index (χ2v) is 15.2. The fourth-order valence-electron chi connectivity index (χ4n) is 7.59. The topological polar surface area (TPSA) is 123 Å². The first-order chi connectivity index (χ1) is 25.5. The van der Waals surface area contributed by atoms with Gasteiger partial charge in [0.05, 0.1) is 11.8 Å². The van der Waals surface area contributed by atoms with Crippen molar-refractivity contribution in [2.24, 2.45) is 11.8 Å². The van der Waals surface area contributed by atoms with E-state index in [1.165, 1.54) is 116 Å². The highest BCUT2D eigenvalue weighted by atomic mass is 16.3. The zero-order chi connectivity index (χ0) is 37.2. The van der Waals surface area contributed by atoms with Crippen molar-refractivity contribution in [1.29, 1.82) is 0 Å². The van der Waals surface area contributed by atoms with Gasteiger partial charge >= 0.3 is 0 Å². The molecule has 2 aliphatic carbocycles. The van der Waals surface area contributed by atoms with E-state index in [9.17, 15) is 19.8 Å². The standard InChI is InChI=1S/C44H74N4O4/c1-3-5-7-9-11-13-15-17-19-23-31-45-33-29-39(49)47-37-27-28-38(42-41(37)43(51)35-25-21-22-26-36(35)44(42)52)48-40(50)30-34-46-32-24-20-18-16-14-12-10-8-6-4-2/h21-22,25-28,39-42,45-50H,3-20,23-24,29-34H2,1-2H3. The van der Waals surface area contributed by atoms with Gasteiger partial charge in [-0.2, -0.15) is 0 Å². The largest absolute Gasteiger partial charge is 0.374 e. The van der Waals surface area contributed by atoms with Crippen molar-refractivity contribution in [2.45, 2.75) is 168 Å². The van der Waals surface area contributed by atoms with Gasteiger partial charge in [-0.15, -0.1) is 0 Å². The molecule has 1 aromatic rings. The molecule has 0 aromatic heterocycles. The summed E-state index contributed by atoms with van der Waals surface area (Å²) in [6.07, 6.45) is 28.9. The molecule has 0 aliphatic heterocycles. The molecule has 4 unspecified atom stereocenters. The summed E-state index contributed by atoms with van der Waals surface area (Å²) < 4.78 is 0. The molecule has 4 atom stereocenters. The summed E-state index contributed by atoms with van der Waals surface area (Å²) in [4.78, 5) is 27.7. The predicted molar refractivity (Wildman–Crippen MR) is 215 cm³/mol. The maximum absolute atomic E-state index is 13.9. The third-order valence-corrected chi connectivity index (χ3v) is 10.7. The van der Waals surface area contributed by atoms with Crippen LogP contribution >= 0.6 is 0 Å². The monoisotopic (exact) mass is 723 g/mol. The Labute approximate surface area is 316 Å². The van der Waals surface area contributed by atoms with Gasteiger partial charge in [0.2, 0.25) is 0 Å². The Kier molecular flexibility index (Phi) is 22.9. The minimum atomic E-state index is -0.859. The smallest absolute Gasteiger partial charge is 0.173 e. The SMILES string of the molecule is CCCCCCCCCCCCNCCC(O)NC1=CC=C(NC(O)CCNCCCCCCCCCCCC)C2C(=O)c3ccccc3C(=O)C12. The number of ketones is 2. The van der Waals surface area contributed by atoms with Crippen LogP contribution in [0.3, 0.4) is 0 Å². The number of unbranched alkanes of at least 4 members (excludes halogenated alkanes) is 18. The zero-order valence-corrected chi connectivity index (χ0v) is 32.9. The number of hydrogen-bond acceptors (Lipinski definition) is 8. The molecule has 294 valence electrons. The van der Waals surface area contributed by atoms with Gasteiger partial charge < -0.3 is 31.5 Å². The molecule has 0 fully saturated rings. The normalized spacial score (nSPS) is 18.0. The summed E-state index contributed by atoms with van der Waals surface area (Å²) in [5, 5.41) is 35.0. The van der Waals surface area contributed by atoms with E-state index in [2.05, 4.69) is 35.1 Å². The molecule has 0 saturated carbocycles. The van der Waals surface area contributed by atoms with Crippen molar-refractivity contribution in [3.63, 3.8) is 0 Å². The lowest BCUT2D eigenvalue weighted by molar-refractivity contribution is 0.0732. The van der Waals surface area contributed by atoms with Crippen LogP contribution in [0.25, 0.3) is 0 Å². The Morgan fingerprint density at radius 1 is 0.500 bits per heavy atom. The van der Waals surface area contributed by atoms with E-state index in [1.54, 1.807) is 36.4 Å². The van der Waals surface area contributed by atoms with Gasteiger partial charge in [0, 0.05) is 35.4 Å². The first kappa shape index (κ1) is 43.9. The fourth-order valence-corrected chi connectivity index (χ4v) is 7.59. The minimum Gasteiger partial charge on any atom is -0.374 e. The van der Waals surface area contributed by atoms with Crippen LogP contribution in [0.4, 0.5) is 0 Å². The summed E-state index contributed by atoms with van der Waals surface area (Å²) >= 11 is 0. The van der Waals surface area contributed by atoms with E-state index in [1.807, 2.05) is 0 Å². The van der Waals surface area contributed by atoms with Gasteiger partial charge in [-0.1, -0.05) is 154 Å². The van der Waals surface area contributed by atoms with Gasteiger partial charge in [-0.3, -0.25) is 9.59 Å². The molecular formula is C44H74N4O4. The number of fused-ring (bicyclic) bond motifs is 2. The number of aliphatic hydroxyl groups excluding tert-OH is 2. The number of carbonyl (C=O) groups is 2. The van der Waals surface area contributed by atoms with Crippen molar-refractivity contribution >= 4 is 11.6 Å². The molecule has 8 heteroatoms. The zero-order valence-electron chi connectivity index (χ0n) is 32.9. The number of hydrogen-bond donors (Lipinski definition) is 6. The average molecular weight is 723 g/mol. The number of Topliss-reactive ketones (excluding diaryl/α,β-unsaturated/α-hetero) is 2. The Balaban J connectivity index is 1.40. The molecule has 0 saturated heterocycles. The number of benzene rings is 1. The molecule has 6 N–H and O–H groups in total. The first-order valence-electron chi connectivity index (χ1n) is 21.4. The van der Waals surface area contributed by atoms with Crippen LogP contribution in [0.1, 0.15) is 176 Å². The molecule has 52 heavy (non-hydrogen) atoms. The van der Waals surface area contributed by atoms with Crippen molar-refractivity contribution in [3.8, 4) is 0 Å². The maximum Gasteiger partial charge on any atom is 0.173 e. The van der Waals surface area contributed by atoms with Crippen molar-refractivity contribution in [3.05, 3.63) is 58.9 Å². The fraction of sp³-hybridized carbons (Fsp3) is 0.727. The first-order valence-corrected chi connectivity index (χ1v) is 21.4. The van der Waals surface area contributed by atoms with Crippen LogP contribution in [0, 0.1) is 11.8 Å².